The molecule has 2 N–H and O–H groups in total. The van der Waals surface area contributed by atoms with Crippen molar-refractivity contribution < 1.29 is 18.0 Å². The van der Waals surface area contributed by atoms with Crippen LogP contribution in [-0.4, -0.2) is 55.5 Å². The number of amides is 1. The Bertz CT molecular complexity index is 654. The Hall–Kier alpha value is -1.84. The molecule has 1 fully saturated rings. The molecule has 0 spiro atoms. The highest BCUT2D eigenvalue weighted by Gasteiger charge is 2.33. The van der Waals surface area contributed by atoms with Crippen LogP contribution in [0.4, 0.5) is 13.2 Å². The average Bonchev–Trinajstić information content (AvgIpc) is 3.13. The number of nitrogens with zero attached hydrogens (tertiary/aromatic N) is 3. The molecule has 0 aromatic carbocycles. The second kappa shape index (κ2) is 10.6. The molecule has 0 radical (unpaired) electrons. The minimum absolute atomic E-state index is 0.0163. The number of alkyl halides is 3. The van der Waals surface area contributed by atoms with Crippen molar-refractivity contribution in [3.8, 4) is 0 Å². The fourth-order valence-electron chi connectivity index (χ4n) is 2.94. The first-order valence-electron chi connectivity index (χ1n) is 9.49. The largest absolute Gasteiger partial charge is 0.434 e. The molecular formula is C18H28F3N5OS. The van der Waals surface area contributed by atoms with E-state index in [0.29, 0.717) is 29.9 Å². The van der Waals surface area contributed by atoms with Gasteiger partial charge in [0.2, 0.25) is 5.91 Å². The molecule has 1 saturated carbocycles. The number of aliphatic imine (C=N–C) groups is 1. The van der Waals surface area contributed by atoms with Crippen LogP contribution >= 0.6 is 11.3 Å². The maximum absolute atomic E-state index is 12.6. The van der Waals surface area contributed by atoms with E-state index in [2.05, 4.69) is 20.6 Å². The fraction of sp³-hybridized carbons (Fsp3) is 0.722. The minimum Gasteiger partial charge on any atom is -0.356 e. The number of nitrogens with one attached hydrogen (secondary N) is 2. The van der Waals surface area contributed by atoms with Gasteiger partial charge in [0.15, 0.2) is 11.7 Å². The molecule has 1 heterocycles. The molecule has 158 valence electrons. The monoisotopic (exact) mass is 419 g/mol. The van der Waals surface area contributed by atoms with Crippen molar-refractivity contribution in [3.63, 3.8) is 0 Å². The number of halogens is 3. The van der Waals surface area contributed by atoms with Gasteiger partial charge in [-0.3, -0.25) is 4.79 Å². The van der Waals surface area contributed by atoms with E-state index >= 15 is 0 Å². The molecule has 10 heteroatoms. The van der Waals surface area contributed by atoms with Crippen LogP contribution in [0.2, 0.25) is 0 Å². The Labute approximate surface area is 167 Å². The van der Waals surface area contributed by atoms with Crippen molar-refractivity contribution in [2.24, 2.45) is 10.9 Å². The van der Waals surface area contributed by atoms with Gasteiger partial charge in [0.25, 0.3) is 0 Å². The summed E-state index contributed by atoms with van der Waals surface area (Å²) in [6.45, 7) is 1.18. The van der Waals surface area contributed by atoms with Crippen LogP contribution in [0.1, 0.15) is 42.8 Å². The average molecular weight is 420 g/mol. The SMILES string of the molecule is CN(C)C(=O)CN=C(NCCc1nc(C(F)(F)F)cs1)NCC1CCCCC1. The van der Waals surface area contributed by atoms with E-state index in [1.165, 1.54) is 37.0 Å². The highest BCUT2D eigenvalue weighted by molar-refractivity contribution is 7.09. The van der Waals surface area contributed by atoms with Crippen LogP contribution in [0, 0.1) is 5.92 Å². The first kappa shape index (κ1) is 22.4. The lowest BCUT2D eigenvalue weighted by Crippen LogP contribution is -2.41. The summed E-state index contributed by atoms with van der Waals surface area (Å²) in [5.74, 6) is 0.973. The molecule has 6 nitrogen and oxygen atoms in total. The van der Waals surface area contributed by atoms with Crippen LogP contribution in [0.5, 0.6) is 0 Å². The van der Waals surface area contributed by atoms with Crippen molar-refractivity contribution in [1.29, 1.82) is 0 Å². The fourth-order valence-corrected chi connectivity index (χ4v) is 3.74. The summed E-state index contributed by atoms with van der Waals surface area (Å²) < 4.78 is 37.9. The van der Waals surface area contributed by atoms with Gasteiger partial charge in [-0.2, -0.15) is 13.2 Å². The first-order valence-corrected chi connectivity index (χ1v) is 10.4. The third-order valence-corrected chi connectivity index (χ3v) is 5.54. The summed E-state index contributed by atoms with van der Waals surface area (Å²) in [4.78, 5) is 21.2. The quantitative estimate of drug-likeness (QED) is 0.527. The maximum atomic E-state index is 12.6. The number of carbonyl (C=O) groups excluding carboxylic acids is 1. The standard InChI is InChI=1S/C18H28F3N5OS/c1-26(2)16(27)11-24-17(23-10-13-6-4-3-5-7-13)22-9-8-15-25-14(12-28-15)18(19,20)21/h12-13H,3-11H2,1-2H3,(H2,22,23,24). The predicted molar refractivity (Wildman–Crippen MR) is 104 cm³/mol. The van der Waals surface area contributed by atoms with Crippen LogP contribution in [0.25, 0.3) is 0 Å². The Morgan fingerprint density at radius 3 is 2.61 bits per heavy atom. The third kappa shape index (κ3) is 7.65. The Balaban J connectivity index is 1.87. The number of carbonyl (C=O) groups is 1. The molecule has 1 amide bonds. The number of hydrogen-bond acceptors (Lipinski definition) is 4. The zero-order chi connectivity index (χ0) is 20.6. The van der Waals surface area contributed by atoms with Gasteiger partial charge < -0.3 is 15.5 Å². The van der Waals surface area contributed by atoms with Gasteiger partial charge in [-0.05, 0) is 18.8 Å². The Kier molecular flexibility index (Phi) is 8.53. The zero-order valence-electron chi connectivity index (χ0n) is 16.3. The molecule has 0 atom stereocenters. The molecule has 1 aliphatic rings. The molecule has 0 bridgehead atoms. The molecule has 2 rings (SSSR count). The van der Waals surface area contributed by atoms with E-state index in [1.807, 2.05) is 0 Å². The van der Waals surface area contributed by atoms with Crippen molar-refractivity contribution in [3.05, 3.63) is 16.1 Å². The van der Waals surface area contributed by atoms with E-state index in [9.17, 15) is 18.0 Å². The normalized spacial score (nSPS) is 16.1. The Morgan fingerprint density at radius 1 is 1.29 bits per heavy atom. The number of rotatable bonds is 7. The second-order valence-corrected chi connectivity index (χ2v) is 8.08. The molecular weight excluding hydrogens is 391 g/mol. The summed E-state index contributed by atoms with van der Waals surface area (Å²) in [5, 5.41) is 7.82. The summed E-state index contributed by atoms with van der Waals surface area (Å²) in [5.41, 5.74) is -0.853. The molecule has 0 unspecified atom stereocenters. The summed E-state index contributed by atoms with van der Waals surface area (Å²) >= 11 is 0.994. The lowest BCUT2D eigenvalue weighted by Gasteiger charge is -2.23. The summed E-state index contributed by atoms with van der Waals surface area (Å²) in [6.07, 6.45) is 2.04. The number of hydrogen-bond donors (Lipinski definition) is 2. The second-order valence-electron chi connectivity index (χ2n) is 7.14. The van der Waals surface area contributed by atoms with Gasteiger partial charge in [0.1, 0.15) is 6.54 Å². The van der Waals surface area contributed by atoms with Gasteiger partial charge in [0, 0.05) is 39.0 Å². The van der Waals surface area contributed by atoms with Gasteiger partial charge in [-0.25, -0.2) is 9.98 Å². The molecule has 1 aromatic heterocycles. The molecule has 0 saturated heterocycles. The number of likely N-dealkylation sites (N-methyl/N-ethyl adjacent to an activating group) is 1. The molecule has 1 aromatic rings. The van der Waals surface area contributed by atoms with Crippen molar-refractivity contribution in [1.82, 2.24) is 20.5 Å². The van der Waals surface area contributed by atoms with Crippen LogP contribution < -0.4 is 10.6 Å². The van der Waals surface area contributed by atoms with E-state index in [-0.39, 0.29) is 12.5 Å². The van der Waals surface area contributed by atoms with E-state index in [0.717, 1.165) is 23.3 Å². The Morgan fingerprint density at radius 2 is 2.00 bits per heavy atom. The third-order valence-electron chi connectivity index (χ3n) is 4.63. The van der Waals surface area contributed by atoms with Gasteiger partial charge >= 0.3 is 6.18 Å². The predicted octanol–water partition coefficient (Wildman–Crippen LogP) is 2.91. The minimum atomic E-state index is -4.41. The summed E-state index contributed by atoms with van der Waals surface area (Å²) in [7, 11) is 3.34. The van der Waals surface area contributed by atoms with Crippen molar-refractivity contribution >= 4 is 23.2 Å². The zero-order valence-corrected chi connectivity index (χ0v) is 17.1. The van der Waals surface area contributed by atoms with Crippen molar-refractivity contribution in [2.75, 3.05) is 33.7 Å². The van der Waals surface area contributed by atoms with Crippen LogP contribution in [-0.2, 0) is 17.4 Å². The van der Waals surface area contributed by atoms with E-state index < -0.39 is 11.9 Å². The molecule has 1 aliphatic carbocycles. The molecule has 28 heavy (non-hydrogen) atoms. The van der Waals surface area contributed by atoms with Crippen LogP contribution in [0.3, 0.4) is 0 Å². The van der Waals surface area contributed by atoms with Gasteiger partial charge in [0.05, 0.1) is 5.01 Å². The van der Waals surface area contributed by atoms with Gasteiger partial charge in [-0.15, -0.1) is 11.3 Å². The number of thiazole rings is 1. The van der Waals surface area contributed by atoms with E-state index in [1.54, 1.807) is 14.1 Å². The topological polar surface area (TPSA) is 69.6 Å². The highest BCUT2D eigenvalue weighted by Crippen LogP contribution is 2.30. The lowest BCUT2D eigenvalue weighted by atomic mass is 9.89. The number of aromatic nitrogens is 1. The highest BCUT2D eigenvalue weighted by atomic mass is 32.1. The maximum Gasteiger partial charge on any atom is 0.434 e. The summed E-state index contributed by atoms with van der Waals surface area (Å²) in [6, 6.07) is 0. The van der Waals surface area contributed by atoms with E-state index in [4.69, 9.17) is 0 Å². The lowest BCUT2D eigenvalue weighted by molar-refractivity contribution is -0.140. The van der Waals surface area contributed by atoms with Crippen LogP contribution in [0.15, 0.2) is 10.4 Å². The van der Waals surface area contributed by atoms with Crippen molar-refractivity contribution in [2.45, 2.75) is 44.7 Å². The molecule has 0 aliphatic heterocycles. The smallest absolute Gasteiger partial charge is 0.356 e. The van der Waals surface area contributed by atoms with Gasteiger partial charge in [-0.1, -0.05) is 19.3 Å². The first-order chi connectivity index (χ1) is 13.3. The number of guanidine groups is 1.